The second-order valence-electron chi connectivity index (χ2n) is 6.59. The third-order valence-electron chi connectivity index (χ3n) is 4.61. The van der Waals surface area contributed by atoms with E-state index in [9.17, 15) is 4.79 Å². The van der Waals surface area contributed by atoms with Crippen molar-refractivity contribution in [2.75, 3.05) is 13.2 Å². The molecular formula is C21H20ClN3O3. The van der Waals surface area contributed by atoms with E-state index in [1.54, 1.807) is 24.7 Å². The number of nitrogens with zero attached hydrogens (tertiary/aromatic N) is 2. The van der Waals surface area contributed by atoms with Crippen molar-refractivity contribution in [3.63, 3.8) is 0 Å². The largest absolute Gasteiger partial charge is 0.489 e. The number of hydrogen-bond acceptors (Lipinski definition) is 4. The van der Waals surface area contributed by atoms with Crippen molar-refractivity contribution in [1.82, 2.24) is 14.9 Å². The van der Waals surface area contributed by atoms with Crippen LogP contribution < -0.4 is 14.8 Å². The Bertz CT molecular complexity index is 971. The molecule has 1 N–H and O–H groups in total. The molecule has 28 heavy (non-hydrogen) atoms. The molecule has 1 amide bonds. The number of ether oxygens (including phenoxy) is 2. The Morgan fingerprint density at radius 2 is 2.00 bits per heavy atom. The highest BCUT2D eigenvalue weighted by Crippen LogP contribution is 2.38. The van der Waals surface area contributed by atoms with E-state index in [-0.39, 0.29) is 11.9 Å². The molecule has 0 unspecified atom stereocenters. The highest BCUT2D eigenvalue weighted by Gasteiger charge is 2.19. The maximum absolute atomic E-state index is 12.7. The summed E-state index contributed by atoms with van der Waals surface area (Å²) in [4.78, 5) is 16.8. The standard InChI is InChI=1S/C21H20ClN3O3/c1-14(15-3-5-17(6-4-15)25-8-7-23-13-25)24-21(26)16-11-18(22)20-19(12-16)27-9-2-10-28-20/h3-8,11-14H,2,9-10H2,1H3,(H,24,26)/t14-/m1/s1. The SMILES string of the molecule is C[C@@H](NC(=O)c1cc(Cl)c2c(c1)OCCCO2)c1ccc(-n2ccnc2)cc1. The van der Waals surface area contributed by atoms with Gasteiger partial charge < -0.3 is 19.4 Å². The fourth-order valence-electron chi connectivity index (χ4n) is 3.07. The lowest BCUT2D eigenvalue weighted by molar-refractivity contribution is 0.0939. The minimum absolute atomic E-state index is 0.168. The van der Waals surface area contributed by atoms with Crippen LogP contribution in [-0.4, -0.2) is 28.7 Å². The first-order valence-electron chi connectivity index (χ1n) is 9.10. The van der Waals surface area contributed by atoms with E-state index in [4.69, 9.17) is 21.1 Å². The molecular weight excluding hydrogens is 378 g/mol. The zero-order valence-corrected chi connectivity index (χ0v) is 16.1. The van der Waals surface area contributed by atoms with E-state index in [0.29, 0.717) is 35.3 Å². The van der Waals surface area contributed by atoms with Crippen LogP contribution in [0.2, 0.25) is 5.02 Å². The van der Waals surface area contributed by atoms with Gasteiger partial charge in [0.25, 0.3) is 5.91 Å². The molecule has 1 atom stereocenters. The number of aromatic nitrogens is 2. The van der Waals surface area contributed by atoms with Crippen LogP contribution in [-0.2, 0) is 0 Å². The van der Waals surface area contributed by atoms with Crippen LogP contribution >= 0.6 is 11.6 Å². The Morgan fingerprint density at radius 3 is 2.75 bits per heavy atom. The molecule has 7 heteroatoms. The molecule has 144 valence electrons. The van der Waals surface area contributed by atoms with Gasteiger partial charge >= 0.3 is 0 Å². The average Bonchev–Trinajstić information content (AvgIpc) is 3.13. The Morgan fingerprint density at radius 1 is 1.21 bits per heavy atom. The molecule has 0 saturated heterocycles. The molecule has 2 aromatic carbocycles. The van der Waals surface area contributed by atoms with Gasteiger partial charge in [-0.1, -0.05) is 23.7 Å². The number of nitrogens with one attached hydrogen (secondary N) is 1. The summed E-state index contributed by atoms with van der Waals surface area (Å²) >= 11 is 6.29. The van der Waals surface area contributed by atoms with Crippen molar-refractivity contribution >= 4 is 17.5 Å². The van der Waals surface area contributed by atoms with E-state index in [1.807, 2.05) is 42.0 Å². The highest BCUT2D eigenvalue weighted by molar-refractivity contribution is 6.32. The maximum Gasteiger partial charge on any atom is 0.251 e. The Hall–Kier alpha value is -2.99. The number of carbonyl (C=O) groups is 1. The van der Waals surface area contributed by atoms with Gasteiger partial charge in [-0.3, -0.25) is 4.79 Å². The maximum atomic E-state index is 12.7. The van der Waals surface area contributed by atoms with Gasteiger partial charge in [-0.25, -0.2) is 4.98 Å². The van der Waals surface area contributed by atoms with Crippen molar-refractivity contribution in [1.29, 1.82) is 0 Å². The molecule has 0 fully saturated rings. The smallest absolute Gasteiger partial charge is 0.251 e. The summed E-state index contributed by atoms with van der Waals surface area (Å²) in [7, 11) is 0. The van der Waals surface area contributed by atoms with E-state index >= 15 is 0 Å². The van der Waals surface area contributed by atoms with Gasteiger partial charge in [0.2, 0.25) is 0 Å². The molecule has 0 aliphatic carbocycles. The number of rotatable bonds is 4. The number of amides is 1. The van der Waals surface area contributed by atoms with Crippen molar-refractivity contribution in [3.8, 4) is 17.2 Å². The van der Waals surface area contributed by atoms with Gasteiger partial charge in [0.05, 0.1) is 30.6 Å². The lowest BCUT2D eigenvalue weighted by Gasteiger charge is -2.16. The summed E-state index contributed by atoms with van der Waals surface area (Å²) in [5.74, 6) is 0.787. The first-order valence-corrected chi connectivity index (χ1v) is 9.48. The van der Waals surface area contributed by atoms with Crippen LogP contribution in [0.1, 0.15) is 35.3 Å². The van der Waals surface area contributed by atoms with Gasteiger partial charge in [-0.2, -0.15) is 0 Å². The predicted octanol–water partition coefficient (Wildman–Crippen LogP) is 4.18. The second kappa shape index (κ2) is 7.94. The summed E-state index contributed by atoms with van der Waals surface area (Å²) in [5, 5.41) is 3.38. The molecule has 0 radical (unpaired) electrons. The highest BCUT2D eigenvalue weighted by atomic mass is 35.5. The van der Waals surface area contributed by atoms with Crippen molar-refractivity contribution in [2.45, 2.75) is 19.4 Å². The predicted molar refractivity (Wildman–Crippen MR) is 107 cm³/mol. The topological polar surface area (TPSA) is 65.4 Å². The fourth-order valence-corrected chi connectivity index (χ4v) is 3.34. The molecule has 0 bridgehead atoms. The number of halogens is 1. The molecule has 0 saturated carbocycles. The van der Waals surface area contributed by atoms with E-state index in [0.717, 1.165) is 17.7 Å². The van der Waals surface area contributed by atoms with Crippen LogP contribution in [0, 0.1) is 0 Å². The summed E-state index contributed by atoms with van der Waals surface area (Å²) in [6.07, 6.45) is 6.14. The third-order valence-corrected chi connectivity index (χ3v) is 4.89. The van der Waals surface area contributed by atoms with Crippen LogP contribution in [0.5, 0.6) is 11.5 Å². The Kier molecular flexibility index (Phi) is 5.21. The lowest BCUT2D eigenvalue weighted by atomic mass is 10.1. The number of fused-ring (bicyclic) bond motifs is 1. The van der Waals surface area contributed by atoms with E-state index in [2.05, 4.69) is 10.3 Å². The summed E-state index contributed by atoms with van der Waals surface area (Å²) in [6, 6.07) is 11.1. The van der Waals surface area contributed by atoms with Gasteiger partial charge in [-0.05, 0) is 36.8 Å². The molecule has 4 rings (SSSR count). The zero-order chi connectivity index (χ0) is 19.5. The Labute approximate surface area is 168 Å². The fraction of sp³-hybridized carbons (Fsp3) is 0.238. The third kappa shape index (κ3) is 3.82. The van der Waals surface area contributed by atoms with Gasteiger partial charge in [0.1, 0.15) is 0 Å². The number of benzene rings is 2. The molecule has 1 aliphatic rings. The Balaban J connectivity index is 1.49. The number of carbonyl (C=O) groups excluding carboxylic acids is 1. The van der Waals surface area contributed by atoms with Gasteiger partial charge in [0.15, 0.2) is 11.5 Å². The normalized spacial score (nSPS) is 14.2. The van der Waals surface area contributed by atoms with Crippen LogP contribution in [0.15, 0.2) is 55.1 Å². The van der Waals surface area contributed by atoms with Crippen molar-refractivity contribution < 1.29 is 14.3 Å². The summed E-state index contributed by atoms with van der Waals surface area (Å²) < 4.78 is 13.2. The van der Waals surface area contributed by atoms with E-state index in [1.165, 1.54) is 0 Å². The average molecular weight is 398 g/mol. The van der Waals surface area contributed by atoms with Crippen LogP contribution in [0.25, 0.3) is 5.69 Å². The summed E-state index contributed by atoms with van der Waals surface area (Å²) in [6.45, 7) is 3.02. The van der Waals surface area contributed by atoms with Crippen LogP contribution in [0.3, 0.4) is 0 Å². The second-order valence-corrected chi connectivity index (χ2v) is 7.00. The quantitative estimate of drug-likeness (QED) is 0.717. The number of imidazole rings is 1. The van der Waals surface area contributed by atoms with E-state index < -0.39 is 0 Å². The minimum atomic E-state index is -0.219. The van der Waals surface area contributed by atoms with Crippen molar-refractivity contribution in [2.24, 2.45) is 0 Å². The summed E-state index contributed by atoms with van der Waals surface area (Å²) in [5.41, 5.74) is 2.45. The zero-order valence-electron chi connectivity index (χ0n) is 15.4. The molecule has 2 heterocycles. The number of hydrogen-bond donors (Lipinski definition) is 1. The monoisotopic (exact) mass is 397 g/mol. The van der Waals surface area contributed by atoms with Crippen LogP contribution in [0.4, 0.5) is 0 Å². The molecule has 6 nitrogen and oxygen atoms in total. The molecule has 0 spiro atoms. The molecule has 1 aliphatic heterocycles. The molecule has 1 aromatic heterocycles. The minimum Gasteiger partial charge on any atom is -0.489 e. The lowest BCUT2D eigenvalue weighted by Crippen LogP contribution is -2.26. The van der Waals surface area contributed by atoms with Crippen molar-refractivity contribution in [3.05, 3.63) is 71.3 Å². The van der Waals surface area contributed by atoms with Gasteiger partial charge in [0, 0.05) is 30.1 Å². The first-order chi connectivity index (χ1) is 13.6. The first kappa shape index (κ1) is 18.4. The van der Waals surface area contributed by atoms with Gasteiger partial charge in [-0.15, -0.1) is 0 Å². The molecule has 3 aromatic rings.